The summed E-state index contributed by atoms with van der Waals surface area (Å²) in [5, 5.41) is 7.99. The number of nitrogen functional groups attached to an aromatic ring is 1. The van der Waals surface area contributed by atoms with E-state index in [0.29, 0.717) is 28.0 Å². The fourth-order valence-corrected chi connectivity index (χ4v) is 4.87. The van der Waals surface area contributed by atoms with Crippen LogP contribution in [0.15, 0.2) is 52.6 Å². The van der Waals surface area contributed by atoms with Crippen LogP contribution in [0.2, 0.25) is 5.15 Å². The molecule has 1 aromatic carbocycles. The second-order valence-electron chi connectivity index (χ2n) is 9.31. The van der Waals surface area contributed by atoms with Gasteiger partial charge in [-0.15, -0.1) is 5.10 Å². The number of nitrogens with zero attached hydrogens (tertiary/aromatic N) is 8. The lowest BCUT2D eigenvalue weighted by Crippen LogP contribution is -2.21. The van der Waals surface area contributed by atoms with Crippen LogP contribution >= 0.6 is 11.6 Å². The zero-order chi connectivity index (χ0) is 30.8. The number of aromatic amines is 1. The number of fused-ring (bicyclic) bond motifs is 3. The molecule has 0 fully saturated rings. The van der Waals surface area contributed by atoms with Gasteiger partial charge in [0, 0.05) is 36.1 Å². The summed E-state index contributed by atoms with van der Waals surface area (Å²) in [7, 11) is 1.51. The first-order valence-corrected chi connectivity index (χ1v) is 12.4. The molecular weight excluding hydrogens is 534 g/mol. The lowest BCUT2D eigenvalue weighted by Gasteiger charge is -2.21. The number of pyridine rings is 1. The standard InChI is InChI=1S/C26H24ClN11O2/c1-12-7-15(13(2)32-17-5-6-18(27)33-20(17)22-34-26(40)37(4)35-22)21-16(8-12)24(39)36(3)23-19(31-11-38(21)23)14-9-29-25(28)30-10-14/h5-11,13,32H,1-4H3,(H2,28,29,30)(H,34,35,40)/i3D3. The van der Waals surface area contributed by atoms with Gasteiger partial charge in [-0.25, -0.2) is 29.4 Å². The smallest absolute Gasteiger partial charge is 0.343 e. The molecule has 0 saturated heterocycles. The molecule has 1 unspecified atom stereocenters. The average molecular weight is 561 g/mol. The lowest BCUT2D eigenvalue weighted by atomic mass is 10.0. The summed E-state index contributed by atoms with van der Waals surface area (Å²) >= 11 is 6.19. The molecule has 0 bridgehead atoms. The highest BCUT2D eigenvalue weighted by Gasteiger charge is 2.22. The number of rotatable bonds is 5. The SMILES string of the molecule is [2H]C([2H])([2H])n1c(=O)c2cc(C)cc(C(C)Nc3ccc(Cl)nc3-c3nn(C)c(=O)[nH]3)c2n2cnc(-c3cnc(N)nc3)c12. The first kappa shape index (κ1) is 21.8. The molecule has 1 atom stereocenters. The Labute approximate surface area is 235 Å². The summed E-state index contributed by atoms with van der Waals surface area (Å²) in [5.74, 6) is 0.251. The summed E-state index contributed by atoms with van der Waals surface area (Å²) in [5.41, 5.74) is 7.84. The van der Waals surface area contributed by atoms with E-state index in [1.807, 2.05) is 19.9 Å². The van der Waals surface area contributed by atoms with Crippen molar-refractivity contribution in [2.24, 2.45) is 14.0 Å². The van der Waals surface area contributed by atoms with Crippen molar-refractivity contribution in [3.8, 4) is 22.8 Å². The third-order valence-corrected chi connectivity index (χ3v) is 6.76. The summed E-state index contributed by atoms with van der Waals surface area (Å²) < 4.78 is 28.2. The molecule has 0 amide bonds. The van der Waals surface area contributed by atoms with E-state index < -0.39 is 24.3 Å². The minimum absolute atomic E-state index is 0.0365. The topological polar surface area (TPSA) is 167 Å². The van der Waals surface area contributed by atoms with E-state index in [9.17, 15) is 9.59 Å². The highest BCUT2D eigenvalue weighted by Crippen LogP contribution is 2.33. The molecule has 40 heavy (non-hydrogen) atoms. The molecule has 13 nitrogen and oxygen atoms in total. The molecule has 0 radical (unpaired) electrons. The van der Waals surface area contributed by atoms with Crippen LogP contribution < -0.4 is 22.3 Å². The van der Waals surface area contributed by atoms with E-state index >= 15 is 0 Å². The zero-order valence-corrected chi connectivity index (χ0v) is 22.2. The molecule has 202 valence electrons. The molecule has 6 aromatic rings. The van der Waals surface area contributed by atoms with E-state index in [4.69, 9.17) is 21.4 Å². The molecular formula is C26H24ClN11O2. The highest BCUT2D eigenvalue weighted by molar-refractivity contribution is 6.29. The minimum atomic E-state index is -2.83. The summed E-state index contributed by atoms with van der Waals surface area (Å²) in [6.45, 7) is 0.867. The average Bonchev–Trinajstić information content (AvgIpc) is 3.52. The van der Waals surface area contributed by atoms with E-state index in [2.05, 4.69) is 35.3 Å². The van der Waals surface area contributed by atoms with Crippen LogP contribution in [0.3, 0.4) is 0 Å². The Kier molecular flexibility index (Phi) is 5.08. The first-order valence-electron chi connectivity index (χ1n) is 13.5. The van der Waals surface area contributed by atoms with Gasteiger partial charge in [0.25, 0.3) is 5.56 Å². The Morgan fingerprint density at radius 2 is 1.93 bits per heavy atom. The van der Waals surface area contributed by atoms with Crippen LogP contribution in [-0.2, 0) is 14.0 Å². The van der Waals surface area contributed by atoms with Crippen LogP contribution in [0.1, 0.15) is 28.2 Å². The monoisotopic (exact) mass is 560 g/mol. The number of aryl methyl sites for hydroxylation is 3. The van der Waals surface area contributed by atoms with E-state index in [0.717, 1.165) is 14.8 Å². The molecule has 0 spiro atoms. The number of anilines is 2. The van der Waals surface area contributed by atoms with Crippen molar-refractivity contribution in [3.63, 3.8) is 0 Å². The Morgan fingerprint density at radius 1 is 1.15 bits per heavy atom. The predicted molar refractivity (Wildman–Crippen MR) is 152 cm³/mol. The maximum Gasteiger partial charge on any atom is 0.343 e. The van der Waals surface area contributed by atoms with E-state index in [1.54, 1.807) is 22.6 Å². The van der Waals surface area contributed by atoms with Gasteiger partial charge in [-0.2, -0.15) is 0 Å². The maximum atomic E-state index is 13.9. The normalized spacial score (nSPS) is 13.8. The van der Waals surface area contributed by atoms with Gasteiger partial charge in [0.05, 0.1) is 22.6 Å². The Morgan fingerprint density at radius 3 is 2.62 bits per heavy atom. The van der Waals surface area contributed by atoms with Crippen molar-refractivity contribution < 1.29 is 4.11 Å². The third kappa shape index (κ3) is 4.07. The van der Waals surface area contributed by atoms with Gasteiger partial charge in [0.2, 0.25) is 5.95 Å². The van der Waals surface area contributed by atoms with Crippen molar-refractivity contribution in [1.29, 1.82) is 0 Å². The Bertz CT molecular complexity index is 2170. The van der Waals surface area contributed by atoms with Crippen LogP contribution in [0, 0.1) is 6.92 Å². The van der Waals surface area contributed by atoms with Gasteiger partial charge >= 0.3 is 5.69 Å². The number of halogens is 1. The molecule has 6 rings (SSSR count). The van der Waals surface area contributed by atoms with Gasteiger partial charge < -0.3 is 11.1 Å². The van der Waals surface area contributed by atoms with Gasteiger partial charge in [-0.3, -0.25) is 18.7 Å². The number of nitrogens with one attached hydrogen (secondary N) is 2. The summed E-state index contributed by atoms with van der Waals surface area (Å²) in [6.07, 6.45) is 4.30. The molecule has 4 N–H and O–H groups in total. The number of benzene rings is 1. The highest BCUT2D eigenvalue weighted by atomic mass is 35.5. The largest absolute Gasteiger partial charge is 0.377 e. The molecule has 14 heteroatoms. The number of hydrogen-bond donors (Lipinski definition) is 3. The summed E-state index contributed by atoms with van der Waals surface area (Å²) in [4.78, 5) is 45.6. The zero-order valence-electron chi connectivity index (χ0n) is 24.5. The Hall–Kier alpha value is -5.04. The molecule has 0 aliphatic rings. The number of H-pyrrole nitrogens is 1. The fraction of sp³-hybridized carbons (Fsp3) is 0.192. The number of hydrogen-bond acceptors (Lipinski definition) is 9. The second-order valence-corrected chi connectivity index (χ2v) is 9.69. The quantitative estimate of drug-likeness (QED) is 0.268. The van der Waals surface area contributed by atoms with Crippen LogP contribution in [0.4, 0.5) is 11.6 Å². The molecule has 5 aromatic heterocycles. The summed E-state index contributed by atoms with van der Waals surface area (Å²) in [6, 6.07) is 6.38. The van der Waals surface area contributed by atoms with Crippen molar-refractivity contribution in [3.05, 3.63) is 80.1 Å². The van der Waals surface area contributed by atoms with E-state index in [-0.39, 0.29) is 33.7 Å². The number of imidazole rings is 1. The second kappa shape index (κ2) is 9.31. The third-order valence-electron chi connectivity index (χ3n) is 6.55. The predicted octanol–water partition coefficient (Wildman–Crippen LogP) is 2.84. The molecule has 5 heterocycles. The van der Waals surface area contributed by atoms with Crippen LogP contribution in [0.25, 0.3) is 39.3 Å². The number of aromatic nitrogens is 9. The number of nitrogens with two attached hydrogens (primary N) is 1. The molecule has 0 aliphatic heterocycles. The molecule has 0 saturated carbocycles. The van der Waals surface area contributed by atoms with E-state index in [1.165, 1.54) is 25.8 Å². The van der Waals surface area contributed by atoms with Crippen molar-refractivity contribution in [2.45, 2.75) is 19.9 Å². The molecule has 0 aliphatic carbocycles. The van der Waals surface area contributed by atoms with Crippen molar-refractivity contribution in [2.75, 3.05) is 11.1 Å². The van der Waals surface area contributed by atoms with Gasteiger partial charge in [-0.05, 0) is 43.2 Å². The fourth-order valence-electron chi connectivity index (χ4n) is 4.72. The van der Waals surface area contributed by atoms with Crippen LogP contribution in [0.5, 0.6) is 0 Å². The van der Waals surface area contributed by atoms with Gasteiger partial charge in [0.15, 0.2) is 5.82 Å². The minimum Gasteiger partial charge on any atom is -0.377 e. The maximum absolute atomic E-state index is 13.9. The van der Waals surface area contributed by atoms with Gasteiger partial charge in [-0.1, -0.05) is 17.7 Å². The first-order chi connectivity index (χ1) is 20.3. The van der Waals surface area contributed by atoms with Crippen molar-refractivity contribution >= 4 is 39.8 Å². The van der Waals surface area contributed by atoms with Gasteiger partial charge in [0.1, 0.15) is 28.5 Å². The van der Waals surface area contributed by atoms with Crippen molar-refractivity contribution in [1.82, 2.24) is 43.7 Å². The lowest BCUT2D eigenvalue weighted by molar-refractivity contribution is 0.735. The Balaban J connectivity index is 1.60. The van der Waals surface area contributed by atoms with Crippen LogP contribution in [-0.4, -0.2) is 43.7 Å².